The summed E-state index contributed by atoms with van der Waals surface area (Å²) in [5.74, 6) is -0.635. The van der Waals surface area contributed by atoms with Crippen LogP contribution in [-0.2, 0) is 30.9 Å². The maximum Gasteiger partial charge on any atom is 0.331 e. The van der Waals surface area contributed by atoms with Crippen molar-refractivity contribution >= 4 is 33.7 Å². The van der Waals surface area contributed by atoms with Crippen molar-refractivity contribution in [3.05, 3.63) is 89.4 Å². The normalized spacial score (nSPS) is 11.5. The van der Waals surface area contributed by atoms with E-state index in [0.717, 1.165) is 11.1 Å². The van der Waals surface area contributed by atoms with Crippen molar-refractivity contribution < 1.29 is 27.2 Å². The Morgan fingerprint density at radius 1 is 1.03 bits per heavy atom. The molecule has 2 N–H and O–H groups in total. The predicted octanol–water partition coefficient (Wildman–Crippen LogP) is 3.57. The molecule has 3 aromatic rings. The molecule has 0 saturated carbocycles. The zero-order valence-electron chi connectivity index (χ0n) is 18.2. The summed E-state index contributed by atoms with van der Waals surface area (Å²) in [6.45, 7) is 3.45. The largest absolute Gasteiger partial charge is 0.468 e. The molecule has 0 aliphatic heterocycles. The summed E-state index contributed by atoms with van der Waals surface area (Å²) < 4.78 is 37.2. The number of esters is 1. The van der Waals surface area contributed by atoms with Crippen LogP contribution in [0.3, 0.4) is 0 Å². The van der Waals surface area contributed by atoms with E-state index in [-0.39, 0.29) is 11.4 Å². The lowest BCUT2D eigenvalue weighted by Crippen LogP contribution is -2.22. The Morgan fingerprint density at radius 2 is 1.79 bits per heavy atom. The van der Waals surface area contributed by atoms with Gasteiger partial charge in [0.2, 0.25) is 10.0 Å². The molecule has 2 aromatic carbocycles. The second kappa shape index (κ2) is 10.8. The zero-order chi connectivity index (χ0) is 23.8. The number of carbonyl (C=O) groups is 2. The average molecular weight is 469 g/mol. The number of benzene rings is 2. The number of hydrogen-bond donors (Lipinski definition) is 2. The van der Waals surface area contributed by atoms with Gasteiger partial charge in [-0.25, -0.2) is 17.9 Å². The third-order valence-corrected chi connectivity index (χ3v) is 6.26. The van der Waals surface area contributed by atoms with Crippen LogP contribution in [0.4, 0.5) is 5.69 Å². The Labute approximate surface area is 192 Å². The summed E-state index contributed by atoms with van der Waals surface area (Å²) >= 11 is 0. The Morgan fingerprint density at radius 3 is 2.48 bits per heavy atom. The van der Waals surface area contributed by atoms with E-state index in [2.05, 4.69) is 10.0 Å². The number of furan rings is 1. The number of aryl methyl sites for hydroxylation is 1. The van der Waals surface area contributed by atoms with Crippen LogP contribution in [0.15, 0.2) is 76.2 Å². The number of amides is 1. The molecular formula is C24H24N2O6S. The van der Waals surface area contributed by atoms with E-state index in [1.54, 1.807) is 30.3 Å². The molecule has 3 rings (SSSR count). The first-order chi connectivity index (χ1) is 15.7. The first-order valence-electron chi connectivity index (χ1n) is 10.1. The highest BCUT2D eigenvalue weighted by Crippen LogP contribution is 2.18. The lowest BCUT2D eigenvalue weighted by atomic mass is 10.1. The van der Waals surface area contributed by atoms with E-state index >= 15 is 0 Å². The number of anilines is 1. The SMILES string of the molecule is Cc1cccc(NC(=O)COC(=O)/C=C/c2ccc(S(=O)(=O)NCc3ccco3)cc2)c1C. The maximum atomic E-state index is 12.3. The second-order valence-electron chi connectivity index (χ2n) is 7.21. The van der Waals surface area contributed by atoms with Gasteiger partial charge in [0.1, 0.15) is 5.76 Å². The first kappa shape index (κ1) is 24.0. The smallest absolute Gasteiger partial charge is 0.331 e. The molecule has 0 atom stereocenters. The molecule has 1 amide bonds. The van der Waals surface area contributed by atoms with Gasteiger partial charge in [0.25, 0.3) is 5.91 Å². The molecular weight excluding hydrogens is 444 g/mol. The van der Waals surface area contributed by atoms with Gasteiger partial charge >= 0.3 is 5.97 Å². The lowest BCUT2D eigenvalue weighted by molar-refractivity contribution is -0.142. The fourth-order valence-corrected chi connectivity index (χ4v) is 3.84. The molecule has 0 bridgehead atoms. The third-order valence-electron chi connectivity index (χ3n) is 4.84. The average Bonchev–Trinajstić information content (AvgIpc) is 3.32. The number of hydrogen-bond acceptors (Lipinski definition) is 6. The van der Waals surface area contributed by atoms with E-state index in [9.17, 15) is 18.0 Å². The van der Waals surface area contributed by atoms with Crippen molar-refractivity contribution in [1.29, 1.82) is 0 Å². The van der Waals surface area contributed by atoms with Gasteiger partial charge in [0.05, 0.1) is 17.7 Å². The molecule has 1 aromatic heterocycles. The monoisotopic (exact) mass is 468 g/mol. The standard InChI is InChI=1S/C24H24N2O6S/c1-17-5-3-7-22(18(17)2)26-23(27)16-32-24(28)13-10-19-8-11-21(12-9-19)33(29,30)25-15-20-6-4-14-31-20/h3-14,25H,15-16H2,1-2H3,(H,26,27)/b13-10+. The van der Waals surface area contributed by atoms with Gasteiger partial charge in [-0.2, -0.15) is 0 Å². The molecule has 0 aliphatic rings. The van der Waals surface area contributed by atoms with Gasteiger partial charge in [-0.05, 0) is 66.9 Å². The Bertz CT molecular complexity index is 1250. The van der Waals surface area contributed by atoms with Crippen LogP contribution in [0.1, 0.15) is 22.5 Å². The minimum absolute atomic E-state index is 0.0415. The molecule has 33 heavy (non-hydrogen) atoms. The summed E-state index contributed by atoms with van der Waals surface area (Å²) in [6, 6.07) is 14.8. The van der Waals surface area contributed by atoms with Crippen LogP contribution in [0, 0.1) is 13.8 Å². The number of sulfonamides is 1. The molecule has 0 saturated heterocycles. The van der Waals surface area contributed by atoms with E-state index in [4.69, 9.17) is 9.15 Å². The summed E-state index contributed by atoms with van der Waals surface area (Å²) in [6.07, 6.45) is 4.11. The third kappa shape index (κ3) is 6.90. The second-order valence-corrected chi connectivity index (χ2v) is 8.98. The molecule has 1 heterocycles. The molecule has 0 unspecified atom stereocenters. The zero-order valence-corrected chi connectivity index (χ0v) is 19.0. The van der Waals surface area contributed by atoms with Crippen LogP contribution in [0.5, 0.6) is 0 Å². The molecule has 0 radical (unpaired) electrons. The van der Waals surface area contributed by atoms with Crippen LogP contribution in [0.25, 0.3) is 6.08 Å². The number of nitrogens with one attached hydrogen (secondary N) is 2. The van der Waals surface area contributed by atoms with Gasteiger partial charge in [-0.15, -0.1) is 0 Å². The first-order valence-corrected chi connectivity index (χ1v) is 11.6. The molecule has 0 spiro atoms. The maximum absolute atomic E-state index is 12.3. The van der Waals surface area contributed by atoms with Crippen LogP contribution >= 0.6 is 0 Å². The number of carbonyl (C=O) groups excluding carboxylic acids is 2. The number of rotatable bonds is 9. The summed E-state index contributed by atoms with van der Waals surface area (Å²) in [5.41, 5.74) is 3.25. The highest BCUT2D eigenvalue weighted by molar-refractivity contribution is 7.89. The van der Waals surface area contributed by atoms with Crippen LogP contribution in [-0.4, -0.2) is 26.9 Å². The van der Waals surface area contributed by atoms with Crippen molar-refractivity contribution in [3.63, 3.8) is 0 Å². The van der Waals surface area contributed by atoms with Crippen molar-refractivity contribution in [3.8, 4) is 0 Å². The van der Waals surface area contributed by atoms with E-state index < -0.39 is 28.5 Å². The van der Waals surface area contributed by atoms with Gasteiger partial charge in [0, 0.05) is 11.8 Å². The summed E-state index contributed by atoms with van der Waals surface area (Å²) in [5, 5.41) is 2.71. The van der Waals surface area contributed by atoms with E-state index in [1.165, 1.54) is 30.5 Å². The van der Waals surface area contributed by atoms with Gasteiger partial charge < -0.3 is 14.5 Å². The highest BCUT2D eigenvalue weighted by atomic mass is 32.2. The Balaban J connectivity index is 1.49. The molecule has 0 fully saturated rings. The summed E-state index contributed by atoms with van der Waals surface area (Å²) in [7, 11) is -3.70. The van der Waals surface area contributed by atoms with Gasteiger partial charge in [0.15, 0.2) is 6.61 Å². The van der Waals surface area contributed by atoms with Crippen molar-refractivity contribution in [1.82, 2.24) is 4.72 Å². The molecule has 9 heteroatoms. The molecule has 8 nitrogen and oxygen atoms in total. The quantitative estimate of drug-likeness (QED) is 0.367. The fourth-order valence-electron chi connectivity index (χ4n) is 2.84. The van der Waals surface area contributed by atoms with Crippen LogP contribution < -0.4 is 10.0 Å². The Kier molecular flexibility index (Phi) is 7.81. The molecule has 0 aliphatic carbocycles. The van der Waals surface area contributed by atoms with E-state index in [1.807, 2.05) is 26.0 Å². The van der Waals surface area contributed by atoms with Crippen molar-refractivity contribution in [2.45, 2.75) is 25.3 Å². The predicted molar refractivity (Wildman–Crippen MR) is 124 cm³/mol. The topological polar surface area (TPSA) is 115 Å². The van der Waals surface area contributed by atoms with Crippen molar-refractivity contribution in [2.75, 3.05) is 11.9 Å². The van der Waals surface area contributed by atoms with Crippen LogP contribution in [0.2, 0.25) is 0 Å². The Hall–Kier alpha value is -3.69. The van der Waals surface area contributed by atoms with Crippen molar-refractivity contribution in [2.24, 2.45) is 0 Å². The molecule has 172 valence electrons. The minimum atomic E-state index is -3.70. The minimum Gasteiger partial charge on any atom is -0.468 e. The highest BCUT2D eigenvalue weighted by Gasteiger charge is 2.14. The fraction of sp³-hybridized carbons (Fsp3) is 0.167. The van der Waals surface area contributed by atoms with Gasteiger partial charge in [-0.3, -0.25) is 4.79 Å². The summed E-state index contributed by atoms with van der Waals surface area (Å²) in [4.78, 5) is 24.0. The van der Waals surface area contributed by atoms with Gasteiger partial charge in [-0.1, -0.05) is 24.3 Å². The lowest BCUT2D eigenvalue weighted by Gasteiger charge is -2.10. The van der Waals surface area contributed by atoms with E-state index in [0.29, 0.717) is 17.0 Å². The number of ether oxygens (including phenoxy) is 1.